The van der Waals surface area contributed by atoms with Gasteiger partial charge in [-0.05, 0) is 23.6 Å². The van der Waals surface area contributed by atoms with E-state index in [-0.39, 0.29) is 17.1 Å². The molecule has 0 atom stereocenters. The zero-order valence-corrected chi connectivity index (χ0v) is 13.1. The van der Waals surface area contributed by atoms with Crippen molar-refractivity contribution in [1.29, 1.82) is 0 Å². The number of hydrogen-bond donors (Lipinski definition) is 0. The molecular formula is C19H17FN2O. The first kappa shape index (κ1) is 15.2. The molecule has 116 valence electrons. The zero-order chi connectivity index (χ0) is 16.4. The molecule has 0 aliphatic carbocycles. The molecule has 0 N–H and O–H groups in total. The lowest BCUT2D eigenvalue weighted by atomic mass is 9.93. The van der Waals surface area contributed by atoms with Gasteiger partial charge < -0.3 is 0 Å². The number of nitrogens with zero attached hydrogens (tertiary/aromatic N) is 2. The molecule has 3 rings (SSSR count). The van der Waals surface area contributed by atoms with Crippen LogP contribution in [-0.4, -0.2) is 17.4 Å². The van der Waals surface area contributed by atoms with Gasteiger partial charge >= 0.3 is 0 Å². The molecule has 1 saturated heterocycles. The molecule has 0 bridgehead atoms. The molecule has 1 aliphatic heterocycles. The van der Waals surface area contributed by atoms with Gasteiger partial charge in [-0.1, -0.05) is 43.9 Å². The lowest BCUT2D eigenvalue weighted by molar-refractivity contribution is -0.117. The first-order valence-electron chi connectivity index (χ1n) is 7.48. The number of rotatable bonds is 1. The third-order valence-electron chi connectivity index (χ3n) is 3.72. The smallest absolute Gasteiger partial charge is 0.228 e. The summed E-state index contributed by atoms with van der Waals surface area (Å²) in [6.45, 7) is 4.45. The van der Waals surface area contributed by atoms with E-state index in [1.807, 2.05) is 44.2 Å². The number of amides is 1. The summed E-state index contributed by atoms with van der Waals surface area (Å²) < 4.78 is 14.3. The second-order valence-corrected chi connectivity index (χ2v) is 6.47. The number of benzene rings is 1. The highest BCUT2D eigenvalue weighted by Crippen LogP contribution is 2.33. The van der Waals surface area contributed by atoms with E-state index in [2.05, 4.69) is 16.8 Å². The van der Waals surface area contributed by atoms with Crippen LogP contribution >= 0.6 is 0 Å². The van der Waals surface area contributed by atoms with Gasteiger partial charge in [-0.25, -0.2) is 9.37 Å². The van der Waals surface area contributed by atoms with Crippen LogP contribution in [0.4, 0.5) is 10.2 Å². The fraction of sp³-hybridized carbons (Fsp3) is 0.263. The lowest BCUT2D eigenvalue weighted by Crippen LogP contribution is -2.27. The number of carbonyl (C=O) groups is 1. The van der Waals surface area contributed by atoms with Gasteiger partial charge in [-0.3, -0.25) is 9.69 Å². The average Bonchev–Trinajstić information content (AvgIpc) is 2.79. The molecule has 1 aromatic carbocycles. The Morgan fingerprint density at radius 2 is 1.87 bits per heavy atom. The molecule has 4 heteroatoms. The third-order valence-corrected chi connectivity index (χ3v) is 3.72. The van der Waals surface area contributed by atoms with E-state index in [1.165, 1.54) is 17.2 Å². The number of pyridine rings is 1. The first-order valence-corrected chi connectivity index (χ1v) is 7.48. The summed E-state index contributed by atoms with van der Waals surface area (Å²) in [5.74, 6) is 5.33. The Balaban J connectivity index is 1.85. The number of aromatic nitrogens is 1. The second kappa shape index (κ2) is 5.85. The summed E-state index contributed by atoms with van der Waals surface area (Å²) in [5, 5.41) is 0. The zero-order valence-electron chi connectivity index (χ0n) is 13.1. The summed E-state index contributed by atoms with van der Waals surface area (Å²) in [5.41, 5.74) is 1.19. The Kier molecular flexibility index (Phi) is 3.87. The third kappa shape index (κ3) is 3.40. The maximum Gasteiger partial charge on any atom is 0.228 e. The van der Waals surface area contributed by atoms with Gasteiger partial charge in [0.1, 0.15) is 0 Å². The van der Waals surface area contributed by atoms with E-state index >= 15 is 0 Å². The molecule has 0 radical (unpaired) electrons. The number of halogens is 1. The van der Waals surface area contributed by atoms with Crippen LogP contribution in [0.15, 0.2) is 42.6 Å². The Hall–Kier alpha value is -2.67. The SMILES string of the molecule is CC1(C)CC(=O)N(c2ncc(C#Cc3ccccc3)cc2F)C1. The quantitative estimate of drug-likeness (QED) is 0.757. The van der Waals surface area contributed by atoms with Gasteiger partial charge in [-0.15, -0.1) is 0 Å². The van der Waals surface area contributed by atoms with Gasteiger partial charge in [0, 0.05) is 30.3 Å². The fourth-order valence-corrected chi connectivity index (χ4v) is 2.63. The Morgan fingerprint density at radius 1 is 1.17 bits per heavy atom. The van der Waals surface area contributed by atoms with Crippen molar-refractivity contribution in [2.24, 2.45) is 5.41 Å². The summed E-state index contributed by atoms with van der Waals surface area (Å²) in [6, 6.07) is 10.8. The van der Waals surface area contributed by atoms with E-state index in [4.69, 9.17) is 0 Å². The van der Waals surface area contributed by atoms with E-state index in [0.29, 0.717) is 18.5 Å². The molecule has 0 unspecified atom stereocenters. The van der Waals surface area contributed by atoms with E-state index in [1.54, 1.807) is 0 Å². The molecular weight excluding hydrogens is 291 g/mol. The average molecular weight is 308 g/mol. The van der Waals surface area contributed by atoms with E-state index < -0.39 is 5.82 Å². The highest BCUT2D eigenvalue weighted by Gasteiger charge is 2.38. The van der Waals surface area contributed by atoms with Crippen LogP contribution in [0.25, 0.3) is 0 Å². The monoisotopic (exact) mass is 308 g/mol. The topological polar surface area (TPSA) is 33.2 Å². The molecule has 2 aromatic rings. The van der Waals surface area contributed by atoms with Crippen molar-refractivity contribution in [2.75, 3.05) is 11.4 Å². The van der Waals surface area contributed by atoms with Crippen LogP contribution in [0, 0.1) is 23.1 Å². The van der Waals surface area contributed by atoms with Crippen LogP contribution in [-0.2, 0) is 4.79 Å². The van der Waals surface area contributed by atoms with Crippen LogP contribution < -0.4 is 4.90 Å². The lowest BCUT2D eigenvalue weighted by Gasteiger charge is -2.19. The van der Waals surface area contributed by atoms with Gasteiger partial charge in [-0.2, -0.15) is 0 Å². The second-order valence-electron chi connectivity index (χ2n) is 6.47. The number of carbonyl (C=O) groups excluding carboxylic acids is 1. The molecule has 3 nitrogen and oxygen atoms in total. The Morgan fingerprint density at radius 3 is 2.48 bits per heavy atom. The van der Waals surface area contributed by atoms with Crippen molar-refractivity contribution >= 4 is 11.7 Å². The van der Waals surface area contributed by atoms with Crippen LogP contribution in [0.5, 0.6) is 0 Å². The molecule has 1 amide bonds. The highest BCUT2D eigenvalue weighted by molar-refractivity contribution is 5.95. The molecule has 23 heavy (non-hydrogen) atoms. The highest BCUT2D eigenvalue weighted by atomic mass is 19.1. The van der Waals surface area contributed by atoms with Gasteiger partial charge in [0.15, 0.2) is 11.6 Å². The Bertz CT molecular complexity index is 803. The molecule has 2 heterocycles. The Labute approximate surface area is 135 Å². The summed E-state index contributed by atoms with van der Waals surface area (Å²) in [7, 11) is 0. The van der Waals surface area contributed by atoms with Crippen molar-refractivity contribution < 1.29 is 9.18 Å². The minimum Gasteiger partial charge on any atom is -0.294 e. The maximum absolute atomic E-state index is 14.3. The summed E-state index contributed by atoms with van der Waals surface area (Å²) >= 11 is 0. The largest absolute Gasteiger partial charge is 0.294 e. The minimum absolute atomic E-state index is 0.0887. The standard InChI is InChI=1S/C19H17FN2O/c1-19(2)11-17(23)22(13-19)18-16(20)10-15(12-21-18)9-8-14-6-4-3-5-7-14/h3-7,10,12H,11,13H2,1-2H3. The molecule has 1 aromatic heterocycles. The van der Waals surface area contributed by atoms with Crippen molar-refractivity contribution in [1.82, 2.24) is 4.98 Å². The van der Waals surface area contributed by atoms with E-state index in [9.17, 15) is 9.18 Å². The van der Waals surface area contributed by atoms with Crippen molar-refractivity contribution in [2.45, 2.75) is 20.3 Å². The normalized spacial score (nSPS) is 16.1. The first-order chi connectivity index (χ1) is 10.9. The maximum atomic E-state index is 14.3. The molecule has 0 saturated carbocycles. The van der Waals surface area contributed by atoms with Crippen LogP contribution in [0.1, 0.15) is 31.4 Å². The van der Waals surface area contributed by atoms with Gasteiger partial charge in [0.2, 0.25) is 5.91 Å². The molecule has 0 spiro atoms. The van der Waals surface area contributed by atoms with Crippen molar-refractivity contribution in [3.8, 4) is 11.8 Å². The van der Waals surface area contributed by atoms with Crippen LogP contribution in [0.2, 0.25) is 0 Å². The molecule has 1 aliphatic rings. The predicted molar refractivity (Wildman–Crippen MR) is 87.4 cm³/mol. The van der Waals surface area contributed by atoms with E-state index in [0.717, 1.165) is 5.56 Å². The minimum atomic E-state index is -0.518. The van der Waals surface area contributed by atoms with Gasteiger partial charge in [0.05, 0.1) is 0 Å². The summed E-state index contributed by atoms with van der Waals surface area (Å²) in [4.78, 5) is 17.6. The van der Waals surface area contributed by atoms with Crippen LogP contribution in [0.3, 0.4) is 0 Å². The fourth-order valence-electron chi connectivity index (χ4n) is 2.63. The molecule has 1 fully saturated rings. The van der Waals surface area contributed by atoms with Gasteiger partial charge in [0.25, 0.3) is 0 Å². The summed E-state index contributed by atoms with van der Waals surface area (Å²) in [6.07, 6.45) is 1.91. The van der Waals surface area contributed by atoms with Crippen molar-refractivity contribution in [3.05, 3.63) is 59.5 Å². The number of hydrogen-bond acceptors (Lipinski definition) is 2. The number of anilines is 1. The predicted octanol–water partition coefficient (Wildman–Crippen LogP) is 3.38. The van der Waals surface area contributed by atoms with Crippen molar-refractivity contribution in [3.63, 3.8) is 0 Å².